The Morgan fingerprint density at radius 3 is 2.59 bits per heavy atom. The Bertz CT molecular complexity index is 624. The van der Waals surface area contributed by atoms with Gasteiger partial charge in [0, 0.05) is 13.0 Å². The molecule has 5 heteroatoms. The molecule has 0 aliphatic heterocycles. The molecular formula is C22H35N3O2. The predicted octanol–water partition coefficient (Wildman–Crippen LogP) is 4.74. The summed E-state index contributed by atoms with van der Waals surface area (Å²) in [5.74, 6) is 1.44. The lowest BCUT2D eigenvalue weighted by molar-refractivity contribution is -0.117. The molecule has 1 N–H and O–H groups in total. The third-order valence-electron chi connectivity index (χ3n) is 3.82. The van der Waals surface area contributed by atoms with Gasteiger partial charge in [-0.05, 0) is 62.6 Å². The van der Waals surface area contributed by atoms with E-state index >= 15 is 0 Å². The predicted molar refractivity (Wildman–Crippen MR) is 116 cm³/mol. The number of unbranched alkanes of at least 4 members (excludes halogenated alkanes) is 1. The summed E-state index contributed by atoms with van der Waals surface area (Å²) in [5, 5.41) is 2.71. The summed E-state index contributed by atoms with van der Waals surface area (Å²) in [4.78, 5) is 20.1. The molecule has 1 aromatic carbocycles. The van der Waals surface area contributed by atoms with E-state index in [1.807, 2.05) is 19.2 Å². The van der Waals surface area contributed by atoms with E-state index in [-0.39, 0.29) is 11.9 Å². The largest absolute Gasteiger partial charge is 0.497 e. The van der Waals surface area contributed by atoms with Crippen molar-refractivity contribution in [2.45, 2.75) is 66.0 Å². The molecule has 150 valence electrons. The van der Waals surface area contributed by atoms with E-state index in [9.17, 15) is 4.79 Å². The zero-order valence-electron chi connectivity index (χ0n) is 17.5. The number of hydrogen-bond acceptors (Lipinski definition) is 4. The maximum atomic E-state index is 11.1. The third-order valence-corrected chi connectivity index (χ3v) is 3.82. The average molecular weight is 374 g/mol. The van der Waals surface area contributed by atoms with Crippen LogP contribution >= 0.6 is 0 Å². The summed E-state index contributed by atoms with van der Waals surface area (Å²) in [6.07, 6.45) is 5.92. The minimum absolute atomic E-state index is 0.0894. The van der Waals surface area contributed by atoms with Crippen molar-refractivity contribution in [1.29, 1.82) is 0 Å². The Morgan fingerprint density at radius 1 is 1.30 bits per heavy atom. The smallest absolute Gasteiger partial charge is 0.222 e. The number of rotatable bonds is 9. The van der Waals surface area contributed by atoms with Gasteiger partial charge in [0.15, 0.2) is 0 Å². The molecule has 27 heavy (non-hydrogen) atoms. The summed E-state index contributed by atoms with van der Waals surface area (Å²) in [6, 6.07) is 6.29. The molecule has 0 saturated heterocycles. The second kappa shape index (κ2) is 14.7. The first-order valence-electron chi connectivity index (χ1n) is 9.42. The van der Waals surface area contributed by atoms with Crippen molar-refractivity contribution in [3.63, 3.8) is 0 Å². The molecule has 0 heterocycles. The van der Waals surface area contributed by atoms with Crippen LogP contribution in [0.4, 0.5) is 0 Å². The van der Waals surface area contributed by atoms with Crippen molar-refractivity contribution in [2.24, 2.45) is 9.98 Å². The van der Waals surface area contributed by atoms with Gasteiger partial charge in [-0.15, -0.1) is 13.2 Å². The molecule has 1 amide bonds. The van der Waals surface area contributed by atoms with Crippen LogP contribution in [0.25, 0.3) is 0 Å². The molecular weight excluding hydrogens is 338 g/mol. The maximum Gasteiger partial charge on any atom is 0.222 e. The van der Waals surface area contributed by atoms with Gasteiger partial charge >= 0.3 is 0 Å². The Hall–Kier alpha value is -2.43. The maximum absolute atomic E-state index is 11.1. The van der Waals surface area contributed by atoms with E-state index in [0.29, 0.717) is 12.4 Å². The van der Waals surface area contributed by atoms with E-state index in [1.165, 1.54) is 18.1 Å². The monoisotopic (exact) mass is 373 g/mol. The van der Waals surface area contributed by atoms with Gasteiger partial charge < -0.3 is 10.1 Å². The summed E-state index contributed by atoms with van der Waals surface area (Å²) in [6.45, 7) is 14.2. The highest BCUT2D eigenvalue weighted by Gasteiger charge is 2.08. The lowest BCUT2D eigenvalue weighted by Gasteiger charge is -2.13. The molecule has 0 aliphatic rings. The van der Waals surface area contributed by atoms with Gasteiger partial charge in [0.05, 0.1) is 13.7 Å². The number of aryl methyl sites for hydroxylation is 1. The number of amidine groups is 1. The van der Waals surface area contributed by atoms with Gasteiger partial charge in [0.2, 0.25) is 5.91 Å². The van der Waals surface area contributed by atoms with E-state index in [1.54, 1.807) is 7.11 Å². The highest BCUT2D eigenvalue weighted by molar-refractivity contribution is 5.95. The van der Waals surface area contributed by atoms with Crippen molar-refractivity contribution < 1.29 is 9.53 Å². The molecule has 1 rings (SSSR count). The van der Waals surface area contributed by atoms with Crippen LogP contribution in [0, 0.1) is 0 Å². The van der Waals surface area contributed by atoms with Crippen LogP contribution in [0.3, 0.4) is 0 Å². The standard InChI is InChI=1S/C20H31N3O2.C2H4/c1-6-7-12-21-14-19-10-11-20(25-5)13-18(19)9-8-15(2)22-16(3)23-17(4)24;1-2/h10-13,15H,6-9,14H2,1-5H3,(H,22,23,24);1-2H2. The Morgan fingerprint density at radius 2 is 2.00 bits per heavy atom. The summed E-state index contributed by atoms with van der Waals surface area (Å²) < 4.78 is 5.35. The fourth-order valence-corrected chi connectivity index (χ4v) is 2.55. The van der Waals surface area contributed by atoms with Crippen molar-refractivity contribution in [1.82, 2.24) is 5.32 Å². The molecule has 0 fully saturated rings. The first-order chi connectivity index (χ1) is 13.0. The normalized spacial score (nSPS) is 12.3. The van der Waals surface area contributed by atoms with Crippen LogP contribution in [0.2, 0.25) is 0 Å². The topological polar surface area (TPSA) is 63.1 Å². The first kappa shape index (κ1) is 24.6. The van der Waals surface area contributed by atoms with Gasteiger partial charge in [-0.25, -0.2) is 0 Å². The molecule has 1 aromatic rings. The first-order valence-corrected chi connectivity index (χ1v) is 9.42. The summed E-state index contributed by atoms with van der Waals surface area (Å²) in [5.41, 5.74) is 2.47. The third kappa shape index (κ3) is 11.0. The summed E-state index contributed by atoms with van der Waals surface area (Å²) >= 11 is 0. The number of carbonyl (C=O) groups is 1. The zero-order chi connectivity index (χ0) is 20.7. The van der Waals surface area contributed by atoms with Gasteiger partial charge in [0.1, 0.15) is 11.6 Å². The van der Waals surface area contributed by atoms with Crippen molar-refractivity contribution >= 4 is 18.0 Å². The van der Waals surface area contributed by atoms with E-state index in [2.05, 4.69) is 54.4 Å². The lowest BCUT2D eigenvalue weighted by atomic mass is 10.00. The highest BCUT2D eigenvalue weighted by atomic mass is 16.5. The van der Waals surface area contributed by atoms with Crippen molar-refractivity contribution in [3.8, 4) is 5.75 Å². The minimum Gasteiger partial charge on any atom is -0.497 e. The number of benzene rings is 1. The van der Waals surface area contributed by atoms with Crippen LogP contribution in [0.5, 0.6) is 5.75 Å². The second-order valence-electron chi connectivity index (χ2n) is 6.23. The lowest BCUT2D eigenvalue weighted by Crippen LogP contribution is -2.26. The number of nitrogens with one attached hydrogen (secondary N) is 1. The van der Waals surface area contributed by atoms with Crippen LogP contribution < -0.4 is 10.1 Å². The molecule has 1 unspecified atom stereocenters. The van der Waals surface area contributed by atoms with Crippen LogP contribution in [0.1, 0.15) is 58.1 Å². The number of amides is 1. The van der Waals surface area contributed by atoms with E-state index < -0.39 is 0 Å². The van der Waals surface area contributed by atoms with Crippen molar-refractivity contribution in [3.05, 3.63) is 42.5 Å². The molecule has 0 spiro atoms. The SMILES string of the molecule is C=C.CCCC=NCc1ccc(OC)cc1CCC(C)N=C(C)NC(C)=O. The number of methoxy groups -OCH3 is 1. The number of aliphatic imine (C=N–C) groups is 2. The van der Waals surface area contributed by atoms with E-state index in [4.69, 9.17) is 4.74 Å². The molecule has 0 aliphatic carbocycles. The summed E-state index contributed by atoms with van der Waals surface area (Å²) in [7, 11) is 1.68. The number of nitrogens with zero attached hydrogens (tertiary/aromatic N) is 2. The molecule has 0 saturated carbocycles. The van der Waals surface area contributed by atoms with Crippen molar-refractivity contribution in [2.75, 3.05) is 7.11 Å². The van der Waals surface area contributed by atoms with E-state index in [0.717, 1.165) is 31.4 Å². The van der Waals surface area contributed by atoms with Crippen LogP contribution in [-0.4, -0.2) is 31.1 Å². The quantitative estimate of drug-likeness (QED) is 0.386. The zero-order valence-corrected chi connectivity index (χ0v) is 17.5. The van der Waals surface area contributed by atoms with Crippen LogP contribution in [0.15, 0.2) is 41.3 Å². The Kier molecular flexibility index (Phi) is 13.4. The van der Waals surface area contributed by atoms with Gasteiger partial charge in [-0.1, -0.05) is 19.4 Å². The van der Waals surface area contributed by atoms with Gasteiger partial charge in [0.25, 0.3) is 0 Å². The second-order valence-corrected chi connectivity index (χ2v) is 6.23. The Labute approximate surface area is 164 Å². The fourth-order valence-electron chi connectivity index (χ4n) is 2.55. The molecule has 0 aromatic heterocycles. The number of carbonyl (C=O) groups excluding carboxylic acids is 1. The average Bonchev–Trinajstić information content (AvgIpc) is 2.65. The molecule has 5 nitrogen and oxygen atoms in total. The molecule has 1 atom stereocenters. The molecule has 0 bridgehead atoms. The Balaban J connectivity index is 0.00000326. The van der Waals surface area contributed by atoms with Gasteiger partial charge in [-0.2, -0.15) is 0 Å². The minimum atomic E-state index is -0.0894. The number of hydrogen-bond donors (Lipinski definition) is 1. The van der Waals surface area contributed by atoms with Crippen LogP contribution in [-0.2, 0) is 17.8 Å². The molecule has 0 radical (unpaired) electrons. The van der Waals surface area contributed by atoms with Gasteiger partial charge in [-0.3, -0.25) is 14.8 Å². The highest BCUT2D eigenvalue weighted by Crippen LogP contribution is 2.21. The fraction of sp³-hybridized carbons (Fsp3) is 0.500. The number of ether oxygens (including phenoxy) is 1.